The predicted molar refractivity (Wildman–Crippen MR) is 62.3 cm³/mol. The summed E-state index contributed by atoms with van der Waals surface area (Å²) >= 11 is 0. The van der Waals surface area contributed by atoms with Gasteiger partial charge in [0.2, 0.25) is 0 Å². The molecule has 0 aromatic heterocycles. The normalized spacial score (nSPS) is 13.5. The molecule has 2 heteroatoms. The second-order valence-electron chi connectivity index (χ2n) is 4.66. The Kier molecular flexibility index (Phi) is 4.28. The number of nitrogens with zero attached hydrogens (tertiary/aromatic N) is 1. The smallest absolute Gasteiger partial charge is 0.123 e. The maximum atomic E-state index is 12.8. The number of benzene rings is 1. The van der Waals surface area contributed by atoms with Gasteiger partial charge in [0, 0.05) is 6.04 Å². The maximum absolute atomic E-state index is 12.8. The highest BCUT2D eigenvalue weighted by atomic mass is 19.1. The van der Waals surface area contributed by atoms with Crippen molar-refractivity contribution in [2.45, 2.75) is 26.3 Å². The van der Waals surface area contributed by atoms with E-state index < -0.39 is 0 Å². The van der Waals surface area contributed by atoms with Gasteiger partial charge in [-0.3, -0.25) is 0 Å². The van der Waals surface area contributed by atoms with Gasteiger partial charge in [0.05, 0.1) is 0 Å². The number of rotatable bonds is 4. The van der Waals surface area contributed by atoms with Gasteiger partial charge >= 0.3 is 0 Å². The molecule has 84 valence electrons. The third-order valence-electron chi connectivity index (χ3n) is 2.57. The Balaban J connectivity index is 2.84. The van der Waals surface area contributed by atoms with E-state index in [2.05, 4.69) is 32.8 Å². The second kappa shape index (κ2) is 5.26. The van der Waals surface area contributed by atoms with E-state index in [1.54, 1.807) is 0 Å². The van der Waals surface area contributed by atoms with Crippen LogP contribution in [-0.4, -0.2) is 19.0 Å². The van der Waals surface area contributed by atoms with Crippen molar-refractivity contribution in [1.82, 2.24) is 4.90 Å². The molecule has 0 N–H and O–H groups in total. The van der Waals surface area contributed by atoms with E-state index in [0.29, 0.717) is 12.0 Å². The first-order chi connectivity index (χ1) is 7.00. The third kappa shape index (κ3) is 3.63. The summed E-state index contributed by atoms with van der Waals surface area (Å²) in [5, 5.41) is 0. The summed E-state index contributed by atoms with van der Waals surface area (Å²) in [5.74, 6) is 0.475. The molecule has 1 aromatic carbocycles. The van der Waals surface area contributed by atoms with Crippen LogP contribution in [0.15, 0.2) is 24.3 Å². The van der Waals surface area contributed by atoms with Gasteiger partial charge in [-0.1, -0.05) is 26.0 Å². The van der Waals surface area contributed by atoms with Gasteiger partial charge in [-0.2, -0.15) is 0 Å². The van der Waals surface area contributed by atoms with Crippen LogP contribution >= 0.6 is 0 Å². The van der Waals surface area contributed by atoms with Crippen LogP contribution in [0.4, 0.5) is 4.39 Å². The molecule has 0 bridgehead atoms. The quantitative estimate of drug-likeness (QED) is 0.734. The first-order valence-corrected chi connectivity index (χ1v) is 5.42. The van der Waals surface area contributed by atoms with Gasteiger partial charge in [-0.25, -0.2) is 4.39 Å². The van der Waals surface area contributed by atoms with E-state index in [-0.39, 0.29) is 5.82 Å². The van der Waals surface area contributed by atoms with Crippen molar-refractivity contribution < 1.29 is 4.39 Å². The van der Waals surface area contributed by atoms with Crippen LogP contribution in [0, 0.1) is 11.7 Å². The molecule has 0 spiro atoms. The molecule has 0 amide bonds. The molecule has 1 atom stereocenters. The van der Waals surface area contributed by atoms with Crippen LogP contribution in [0.1, 0.15) is 31.9 Å². The van der Waals surface area contributed by atoms with Crippen molar-refractivity contribution in [2.75, 3.05) is 14.1 Å². The molecule has 0 aliphatic carbocycles. The van der Waals surface area contributed by atoms with Crippen molar-refractivity contribution >= 4 is 0 Å². The van der Waals surface area contributed by atoms with E-state index in [1.165, 1.54) is 17.7 Å². The van der Waals surface area contributed by atoms with E-state index in [0.717, 1.165) is 6.42 Å². The van der Waals surface area contributed by atoms with Crippen LogP contribution in [0.2, 0.25) is 0 Å². The summed E-state index contributed by atoms with van der Waals surface area (Å²) in [6, 6.07) is 7.20. The average molecular weight is 209 g/mol. The van der Waals surface area contributed by atoms with Crippen molar-refractivity contribution in [3.05, 3.63) is 35.6 Å². The highest BCUT2D eigenvalue weighted by molar-refractivity contribution is 5.19. The fourth-order valence-electron chi connectivity index (χ4n) is 1.78. The van der Waals surface area contributed by atoms with Crippen molar-refractivity contribution in [1.29, 1.82) is 0 Å². The molecule has 1 rings (SSSR count). The zero-order valence-corrected chi connectivity index (χ0v) is 10.00. The Morgan fingerprint density at radius 3 is 2.07 bits per heavy atom. The molecular weight excluding hydrogens is 189 g/mol. The summed E-state index contributed by atoms with van der Waals surface area (Å²) in [6.45, 7) is 4.42. The van der Waals surface area contributed by atoms with Gasteiger partial charge in [0.15, 0.2) is 0 Å². The van der Waals surface area contributed by atoms with Gasteiger partial charge in [0.25, 0.3) is 0 Å². The fourth-order valence-corrected chi connectivity index (χ4v) is 1.78. The lowest BCUT2D eigenvalue weighted by Gasteiger charge is -2.26. The Bertz CT molecular complexity index is 290. The Morgan fingerprint density at radius 2 is 1.67 bits per heavy atom. The first-order valence-electron chi connectivity index (χ1n) is 5.42. The monoisotopic (exact) mass is 209 g/mol. The molecule has 15 heavy (non-hydrogen) atoms. The van der Waals surface area contributed by atoms with Crippen LogP contribution in [0.3, 0.4) is 0 Å². The van der Waals surface area contributed by atoms with Crippen molar-refractivity contribution in [2.24, 2.45) is 5.92 Å². The Labute approximate surface area is 91.9 Å². The molecule has 1 unspecified atom stereocenters. The summed E-state index contributed by atoms with van der Waals surface area (Å²) in [6.07, 6.45) is 1.10. The Morgan fingerprint density at radius 1 is 1.13 bits per heavy atom. The standard InChI is InChI=1S/C13H20FN/c1-10(2)9-13(15(3)4)11-5-7-12(14)8-6-11/h5-8,10,13H,9H2,1-4H3. The summed E-state index contributed by atoms with van der Waals surface area (Å²) < 4.78 is 12.8. The Hall–Kier alpha value is -0.890. The van der Waals surface area contributed by atoms with Crippen molar-refractivity contribution in [3.8, 4) is 0 Å². The maximum Gasteiger partial charge on any atom is 0.123 e. The number of hydrogen-bond donors (Lipinski definition) is 0. The lowest BCUT2D eigenvalue weighted by Crippen LogP contribution is -2.21. The zero-order chi connectivity index (χ0) is 11.4. The molecule has 0 aliphatic rings. The summed E-state index contributed by atoms with van der Waals surface area (Å²) in [5.41, 5.74) is 1.19. The lowest BCUT2D eigenvalue weighted by molar-refractivity contribution is 0.259. The van der Waals surface area contributed by atoms with E-state index in [9.17, 15) is 4.39 Å². The molecular formula is C13H20FN. The van der Waals surface area contributed by atoms with Crippen molar-refractivity contribution in [3.63, 3.8) is 0 Å². The molecule has 0 saturated carbocycles. The SMILES string of the molecule is CC(C)CC(c1ccc(F)cc1)N(C)C. The molecule has 1 nitrogen and oxygen atoms in total. The van der Waals surface area contributed by atoms with Crippen LogP contribution in [0.5, 0.6) is 0 Å². The minimum absolute atomic E-state index is 0.166. The zero-order valence-electron chi connectivity index (χ0n) is 10.00. The summed E-state index contributed by atoms with van der Waals surface area (Å²) in [4.78, 5) is 2.19. The number of hydrogen-bond acceptors (Lipinski definition) is 1. The molecule has 0 aliphatic heterocycles. The first kappa shape index (κ1) is 12.2. The fraction of sp³-hybridized carbons (Fsp3) is 0.538. The van der Waals surface area contributed by atoms with E-state index in [4.69, 9.17) is 0 Å². The molecule has 0 saturated heterocycles. The van der Waals surface area contributed by atoms with Gasteiger partial charge < -0.3 is 4.90 Å². The van der Waals surface area contributed by atoms with Gasteiger partial charge in [0.1, 0.15) is 5.82 Å². The number of halogens is 1. The highest BCUT2D eigenvalue weighted by Gasteiger charge is 2.15. The highest BCUT2D eigenvalue weighted by Crippen LogP contribution is 2.25. The lowest BCUT2D eigenvalue weighted by atomic mass is 9.96. The predicted octanol–water partition coefficient (Wildman–Crippen LogP) is 3.47. The molecule has 0 radical (unpaired) electrons. The van der Waals surface area contributed by atoms with Gasteiger partial charge in [-0.15, -0.1) is 0 Å². The molecule has 1 aromatic rings. The largest absolute Gasteiger partial charge is 0.302 e. The minimum atomic E-state index is -0.166. The average Bonchev–Trinajstić information content (AvgIpc) is 2.15. The molecule has 0 fully saturated rings. The van der Waals surface area contributed by atoms with Crippen LogP contribution < -0.4 is 0 Å². The summed E-state index contributed by atoms with van der Waals surface area (Å²) in [7, 11) is 4.13. The van der Waals surface area contributed by atoms with Crippen LogP contribution in [-0.2, 0) is 0 Å². The van der Waals surface area contributed by atoms with E-state index in [1.807, 2.05) is 12.1 Å². The minimum Gasteiger partial charge on any atom is -0.302 e. The third-order valence-corrected chi connectivity index (χ3v) is 2.57. The molecule has 0 heterocycles. The van der Waals surface area contributed by atoms with Gasteiger partial charge in [-0.05, 0) is 44.1 Å². The van der Waals surface area contributed by atoms with E-state index >= 15 is 0 Å². The topological polar surface area (TPSA) is 3.24 Å². The van der Waals surface area contributed by atoms with Crippen LogP contribution in [0.25, 0.3) is 0 Å². The second-order valence-corrected chi connectivity index (χ2v) is 4.66.